The average molecular weight is 180 g/mol. The summed E-state index contributed by atoms with van der Waals surface area (Å²) in [6, 6.07) is 0. The first-order valence-corrected chi connectivity index (χ1v) is 4.68. The second kappa shape index (κ2) is 1.69. The topological polar surface area (TPSA) is 63.2 Å². The van der Waals surface area contributed by atoms with E-state index >= 15 is 0 Å². The number of phosphoric ester groups is 1. The third-order valence-corrected chi connectivity index (χ3v) is 2.99. The fourth-order valence-electron chi connectivity index (χ4n) is 1.17. The van der Waals surface area contributed by atoms with Crippen molar-refractivity contribution in [2.45, 2.75) is 18.9 Å². The zero-order valence-corrected chi connectivity index (χ0v) is 6.28. The van der Waals surface area contributed by atoms with Gasteiger partial charge in [-0.05, 0) is 0 Å². The quantitative estimate of drug-likeness (QED) is 0.507. The number of phosphoric acid groups is 1. The first-order valence-electron chi connectivity index (χ1n) is 3.22. The van der Waals surface area contributed by atoms with Crippen LogP contribution >= 0.6 is 7.82 Å². The summed E-state index contributed by atoms with van der Waals surface area (Å²) >= 11 is 0. The van der Waals surface area contributed by atoms with E-state index in [1.165, 1.54) is 0 Å². The Balaban J connectivity index is 1.96. The van der Waals surface area contributed by atoms with E-state index in [9.17, 15) is 4.57 Å². The fourth-order valence-corrected chi connectivity index (χ4v) is 2.45. The Morgan fingerprint density at radius 3 is 3.00 bits per heavy atom. The van der Waals surface area contributed by atoms with Crippen molar-refractivity contribution in [3.8, 4) is 0 Å². The van der Waals surface area contributed by atoms with Gasteiger partial charge in [0.05, 0.1) is 6.61 Å². The van der Waals surface area contributed by atoms with Gasteiger partial charge in [0.2, 0.25) is 0 Å². The minimum absolute atomic E-state index is 0.421. The summed E-state index contributed by atoms with van der Waals surface area (Å²) in [5.74, 6) is 0. The molecule has 4 aliphatic rings. The molecular weight excluding hydrogens is 175 g/mol. The number of hydrogen-bond donors (Lipinski definition) is 0. The van der Waals surface area contributed by atoms with Crippen molar-refractivity contribution >= 4 is 7.82 Å². The highest BCUT2D eigenvalue weighted by Crippen LogP contribution is 2.71. The molecule has 62 valence electrons. The highest BCUT2D eigenvalue weighted by atomic mass is 31.2. The molecule has 6 nitrogen and oxygen atoms in total. The summed E-state index contributed by atoms with van der Waals surface area (Å²) in [6.45, 7) is 0.421. The molecule has 11 heavy (non-hydrogen) atoms. The van der Waals surface area contributed by atoms with E-state index in [0.29, 0.717) is 13.0 Å². The summed E-state index contributed by atoms with van der Waals surface area (Å²) in [5, 5.41) is 0. The van der Waals surface area contributed by atoms with Crippen LogP contribution in [-0.2, 0) is 27.6 Å². The molecule has 1 unspecified atom stereocenters. The van der Waals surface area contributed by atoms with Gasteiger partial charge in [0, 0.05) is 6.42 Å². The smallest absolute Gasteiger partial charge is 0.302 e. The Bertz CT molecular complexity index is 233. The Kier molecular flexibility index (Phi) is 1.00. The van der Waals surface area contributed by atoms with Gasteiger partial charge in [-0.1, -0.05) is 0 Å². The zero-order valence-electron chi connectivity index (χ0n) is 5.39. The van der Waals surface area contributed by atoms with E-state index in [1.807, 2.05) is 0 Å². The molecule has 0 radical (unpaired) electrons. The van der Waals surface area contributed by atoms with Crippen LogP contribution in [0.1, 0.15) is 6.42 Å². The maximum atomic E-state index is 11.1. The Hall–Kier alpha value is 0.0300. The molecule has 0 amide bonds. The summed E-state index contributed by atoms with van der Waals surface area (Å²) < 4.78 is 35.2. The number of rotatable bonds is 0. The van der Waals surface area contributed by atoms with Crippen LogP contribution in [0, 0.1) is 0 Å². The Morgan fingerprint density at radius 2 is 2.27 bits per heavy atom. The minimum atomic E-state index is -3.28. The lowest BCUT2D eigenvalue weighted by Gasteiger charge is -2.51. The average Bonchev–Trinajstić information content (AvgIpc) is 1.81. The van der Waals surface area contributed by atoms with Crippen LogP contribution in [0.5, 0.6) is 0 Å². The maximum Gasteiger partial charge on any atom is 0.489 e. The van der Waals surface area contributed by atoms with Gasteiger partial charge in [0.15, 0.2) is 6.29 Å². The van der Waals surface area contributed by atoms with Gasteiger partial charge in [-0.15, -0.1) is 0 Å². The zero-order chi connectivity index (χ0) is 7.53. The molecular formula is C4H5O6P. The molecule has 0 aromatic heterocycles. The molecule has 0 N–H and O–H groups in total. The van der Waals surface area contributed by atoms with Crippen molar-refractivity contribution in [1.82, 2.24) is 0 Å². The van der Waals surface area contributed by atoms with Crippen molar-refractivity contribution in [2.24, 2.45) is 0 Å². The van der Waals surface area contributed by atoms with Gasteiger partial charge in [-0.25, -0.2) is 13.6 Å². The molecule has 7 heteroatoms. The van der Waals surface area contributed by atoms with Crippen LogP contribution in [0.25, 0.3) is 0 Å². The molecule has 4 rings (SSSR count). The molecule has 3 bridgehead atoms. The van der Waals surface area contributed by atoms with Gasteiger partial charge < -0.3 is 4.74 Å². The fraction of sp³-hybridized carbons (Fsp3) is 1.00. The third kappa shape index (κ3) is 0.767. The standard InChI is InChI=1S/C4H5O6P/c5-11-8-3-1-2-6-4(7-3,9-11)10-11/h3H,1-2H2. The molecule has 1 spiro atoms. The van der Waals surface area contributed by atoms with E-state index in [4.69, 9.17) is 14.0 Å². The van der Waals surface area contributed by atoms with Crippen LogP contribution < -0.4 is 0 Å². The van der Waals surface area contributed by atoms with Crippen molar-refractivity contribution in [3.05, 3.63) is 0 Å². The minimum Gasteiger partial charge on any atom is -0.302 e. The van der Waals surface area contributed by atoms with Crippen molar-refractivity contribution in [1.29, 1.82) is 0 Å². The van der Waals surface area contributed by atoms with E-state index in [0.717, 1.165) is 0 Å². The predicted molar refractivity (Wildman–Crippen MR) is 29.0 cm³/mol. The molecule has 0 aliphatic carbocycles. The summed E-state index contributed by atoms with van der Waals surface area (Å²) in [7, 11) is -3.28. The monoisotopic (exact) mass is 180 g/mol. The van der Waals surface area contributed by atoms with E-state index in [-0.39, 0.29) is 0 Å². The van der Waals surface area contributed by atoms with Crippen molar-refractivity contribution in [2.75, 3.05) is 6.61 Å². The number of ether oxygens (including phenoxy) is 2. The highest BCUT2D eigenvalue weighted by Gasteiger charge is 2.69. The van der Waals surface area contributed by atoms with Crippen LogP contribution in [0.2, 0.25) is 0 Å². The van der Waals surface area contributed by atoms with Crippen LogP contribution in [-0.4, -0.2) is 19.1 Å². The molecule has 1 atom stereocenters. The number of hydrogen-bond acceptors (Lipinski definition) is 6. The second-order valence-corrected chi connectivity index (χ2v) is 3.89. The van der Waals surface area contributed by atoms with E-state index in [1.54, 1.807) is 0 Å². The summed E-state index contributed by atoms with van der Waals surface area (Å²) in [4.78, 5) is 0. The molecule has 4 heterocycles. The molecule has 4 aliphatic heterocycles. The lowest BCUT2D eigenvalue weighted by atomic mass is 10.4. The van der Waals surface area contributed by atoms with E-state index in [2.05, 4.69) is 9.05 Å². The van der Waals surface area contributed by atoms with Gasteiger partial charge in [0.25, 0.3) is 0 Å². The van der Waals surface area contributed by atoms with Crippen molar-refractivity contribution in [3.63, 3.8) is 0 Å². The first kappa shape index (κ1) is 6.54. The maximum absolute atomic E-state index is 11.1. The van der Waals surface area contributed by atoms with Crippen molar-refractivity contribution < 1.29 is 27.6 Å². The molecule has 4 saturated heterocycles. The molecule has 4 fully saturated rings. The summed E-state index contributed by atoms with van der Waals surface area (Å²) in [6.07, 6.45) is -1.45. The van der Waals surface area contributed by atoms with Gasteiger partial charge >= 0.3 is 14.0 Å². The molecule has 0 aromatic carbocycles. The predicted octanol–water partition coefficient (Wildman–Crippen LogP) is 0.546. The van der Waals surface area contributed by atoms with E-state index < -0.39 is 20.3 Å². The lowest BCUT2D eigenvalue weighted by molar-refractivity contribution is -0.558. The van der Waals surface area contributed by atoms with Crippen LogP contribution in [0.3, 0.4) is 0 Å². The molecule has 0 saturated carbocycles. The van der Waals surface area contributed by atoms with Gasteiger partial charge in [-0.2, -0.15) is 0 Å². The summed E-state index contributed by atoms with van der Waals surface area (Å²) in [5.41, 5.74) is 0. The first-order chi connectivity index (χ1) is 5.20. The SMILES string of the molecule is O=P12OC3CCOC(O3)(O1)O2. The lowest BCUT2D eigenvalue weighted by Crippen LogP contribution is -2.58. The highest BCUT2D eigenvalue weighted by molar-refractivity contribution is 7.49. The Morgan fingerprint density at radius 1 is 1.45 bits per heavy atom. The largest absolute Gasteiger partial charge is 0.489 e. The van der Waals surface area contributed by atoms with Gasteiger partial charge in [-0.3, -0.25) is 9.26 Å². The third-order valence-electron chi connectivity index (χ3n) is 1.60. The van der Waals surface area contributed by atoms with Crippen LogP contribution in [0.15, 0.2) is 0 Å². The normalized spacial score (nSPS) is 60.2. The van der Waals surface area contributed by atoms with Gasteiger partial charge in [0.1, 0.15) is 0 Å². The molecule has 0 aromatic rings. The van der Waals surface area contributed by atoms with Crippen LogP contribution in [0.4, 0.5) is 0 Å². The Labute approximate surface area is 61.9 Å². The second-order valence-electron chi connectivity index (χ2n) is 2.42.